The van der Waals surface area contributed by atoms with Gasteiger partial charge in [0, 0.05) is 16.9 Å². The van der Waals surface area contributed by atoms with Crippen LogP contribution in [-0.2, 0) is 0 Å². The van der Waals surface area contributed by atoms with Gasteiger partial charge in [0.15, 0.2) is 0 Å². The van der Waals surface area contributed by atoms with Gasteiger partial charge in [-0.3, -0.25) is 0 Å². The molecule has 0 aliphatic rings. The topological polar surface area (TPSA) is 3.24 Å². The molecular weight excluding hydrogens is 338 g/mol. The van der Waals surface area contributed by atoms with Crippen molar-refractivity contribution in [3.05, 3.63) is 83.9 Å². The van der Waals surface area contributed by atoms with Crippen LogP contribution >= 0.6 is 0 Å². The highest BCUT2D eigenvalue weighted by Crippen LogP contribution is 2.35. The molecule has 3 rings (SSSR count). The van der Waals surface area contributed by atoms with Gasteiger partial charge < -0.3 is 4.90 Å². The largest absolute Gasteiger partial charge is 0.336 e. The molecule has 0 bridgehead atoms. The Hall–Kier alpha value is -2.54. The summed E-state index contributed by atoms with van der Waals surface area (Å²) in [5.74, 6) is 0.603. The van der Waals surface area contributed by atoms with Gasteiger partial charge in [0.05, 0.1) is 0 Å². The number of nitrogens with zero attached hydrogens (tertiary/aromatic N) is 1. The summed E-state index contributed by atoms with van der Waals surface area (Å²) in [5, 5.41) is 0. The number of rotatable bonds is 5. The van der Waals surface area contributed by atoms with Crippen molar-refractivity contribution in [1.29, 1.82) is 0 Å². The molecule has 0 saturated heterocycles. The average molecular weight is 372 g/mol. The molecule has 3 aromatic rings. The van der Waals surface area contributed by atoms with Crippen LogP contribution in [0.5, 0.6) is 0 Å². The zero-order chi connectivity index (χ0) is 20.3. The fourth-order valence-electron chi connectivity index (χ4n) is 3.66. The van der Waals surface area contributed by atoms with Crippen molar-refractivity contribution in [1.82, 2.24) is 0 Å². The standard InChI is InChI=1S/C27H33N/c1-7-21(3)22-12-16-25(17-13-22)28(27(4,5)6)26-18-14-24(15-19-26)23-10-8-20(2)9-11-23/h8-19,21H,7H2,1-6H3. The van der Waals surface area contributed by atoms with Gasteiger partial charge in [-0.1, -0.05) is 67.9 Å². The Bertz CT molecular complexity index is 881. The first kappa shape index (κ1) is 20.2. The van der Waals surface area contributed by atoms with Crippen LogP contribution in [-0.4, -0.2) is 5.54 Å². The van der Waals surface area contributed by atoms with E-state index in [0.29, 0.717) is 5.92 Å². The predicted octanol–water partition coefficient (Wildman–Crippen LogP) is 8.11. The van der Waals surface area contributed by atoms with E-state index in [1.807, 2.05) is 0 Å². The molecule has 0 saturated carbocycles. The molecule has 0 amide bonds. The van der Waals surface area contributed by atoms with Crippen molar-refractivity contribution in [3.8, 4) is 11.1 Å². The zero-order valence-corrected chi connectivity index (χ0v) is 18.2. The molecule has 1 nitrogen and oxygen atoms in total. The van der Waals surface area contributed by atoms with E-state index in [4.69, 9.17) is 0 Å². The van der Waals surface area contributed by atoms with E-state index in [2.05, 4.69) is 119 Å². The van der Waals surface area contributed by atoms with Gasteiger partial charge >= 0.3 is 0 Å². The highest BCUT2D eigenvalue weighted by atomic mass is 15.2. The Labute approximate surface area is 171 Å². The van der Waals surface area contributed by atoms with Crippen molar-refractivity contribution in [3.63, 3.8) is 0 Å². The second kappa shape index (κ2) is 8.22. The van der Waals surface area contributed by atoms with E-state index in [1.165, 1.54) is 40.0 Å². The van der Waals surface area contributed by atoms with Crippen molar-refractivity contribution in [2.75, 3.05) is 4.90 Å². The normalized spacial score (nSPS) is 12.6. The molecule has 1 heteroatoms. The quantitative estimate of drug-likeness (QED) is 0.438. The first-order valence-corrected chi connectivity index (χ1v) is 10.4. The molecule has 1 atom stereocenters. The van der Waals surface area contributed by atoms with Crippen molar-refractivity contribution in [2.24, 2.45) is 0 Å². The number of anilines is 2. The number of aryl methyl sites for hydroxylation is 1. The lowest BCUT2D eigenvalue weighted by Crippen LogP contribution is -2.37. The molecule has 0 radical (unpaired) electrons. The van der Waals surface area contributed by atoms with E-state index in [-0.39, 0.29) is 5.54 Å². The molecule has 3 aromatic carbocycles. The molecule has 28 heavy (non-hydrogen) atoms. The minimum absolute atomic E-state index is 0.0107. The molecule has 0 aromatic heterocycles. The summed E-state index contributed by atoms with van der Waals surface area (Å²) < 4.78 is 0. The predicted molar refractivity (Wildman–Crippen MR) is 124 cm³/mol. The van der Waals surface area contributed by atoms with Crippen molar-refractivity contribution < 1.29 is 0 Å². The SMILES string of the molecule is CCC(C)c1ccc(N(c2ccc(-c3ccc(C)cc3)cc2)C(C)(C)C)cc1. The van der Waals surface area contributed by atoms with Gasteiger partial charge in [0.1, 0.15) is 0 Å². The summed E-state index contributed by atoms with van der Waals surface area (Å²) in [7, 11) is 0. The van der Waals surface area contributed by atoms with Crippen LogP contribution < -0.4 is 4.90 Å². The van der Waals surface area contributed by atoms with Crippen molar-refractivity contribution in [2.45, 2.75) is 59.4 Å². The van der Waals surface area contributed by atoms with Gasteiger partial charge in [0.25, 0.3) is 0 Å². The van der Waals surface area contributed by atoms with Gasteiger partial charge in [-0.25, -0.2) is 0 Å². The molecule has 1 unspecified atom stereocenters. The highest BCUT2D eigenvalue weighted by Gasteiger charge is 2.23. The Kier molecular flexibility index (Phi) is 5.93. The zero-order valence-electron chi connectivity index (χ0n) is 18.2. The Morgan fingerprint density at radius 1 is 0.714 bits per heavy atom. The third kappa shape index (κ3) is 4.47. The molecule has 0 spiro atoms. The van der Waals surface area contributed by atoms with Crippen LogP contribution in [0.25, 0.3) is 11.1 Å². The first-order chi connectivity index (χ1) is 13.3. The van der Waals surface area contributed by atoms with Gasteiger partial charge in [-0.2, -0.15) is 0 Å². The van der Waals surface area contributed by atoms with Crippen molar-refractivity contribution >= 4 is 11.4 Å². The second-order valence-corrected chi connectivity index (χ2v) is 8.82. The van der Waals surface area contributed by atoms with Gasteiger partial charge in [-0.15, -0.1) is 0 Å². The van der Waals surface area contributed by atoms with Crippen LogP contribution in [0.15, 0.2) is 72.8 Å². The number of hydrogen-bond donors (Lipinski definition) is 0. The average Bonchev–Trinajstić information content (AvgIpc) is 2.68. The Morgan fingerprint density at radius 2 is 1.14 bits per heavy atom. The Balaban J connectivity index is 1.93. The van der Waals surface area contributed by atoms with Crippen LogP contribution in [0.3, 0.4) is 0 Å². The van der Waals surface area contributed by atoms with Crippen LogP contribution in [0.4, 0.5) is 11.4 Å². The minimum Gasteiger partial charge on any atom is -0.336 e. The van der Waals surface area contributed by atoms with Crippen LogP contribution in [0, 0.1) is 6.92 Å². The maximum absolute atomic E-state index is 2.42. The highest BCUT2D eigenvalue weighted by molar-refractivity contribution is 5.71. The lowest BCUT2D eigenvalue weighted by Gasteiger charge is -2.38. The molecule has 0 N–H and O–H groups in total. The lowest BCUT2D eigenvalue weighted by atomic mass is 9.97. The maximum Gasteiger partial charge on any atom is 0.0416 e. The second-order valence-electron chi connectivity index (χ2n) is 8.82. The van der Waals surface area contributed by atoms with Crippen LogP contribution in [0.1, 0.15) is 58.1 Å². The van der Waals surface area contributed by atoms with E-state index in [9.17, 15) is 0 Å². The number of benzene rings is 3. The minimum atomic E-state index is -0.0107. The summed E-state index contributed by atoms with van der Waals surface area (Å²) in [6.45, 7) is 13.5. The summed E-state index contributed by atoms with van der Waals surface area (Å²) >= 11 is 0. The molecule has 0 heterocycles. The molecule has 146 valence electrons. The third-order valence-corrected chi connectivity index (χ3v) is 5.51. The summed E-state index contributed by atoms with van der Waals surface area (Å²) in [6, 6.07) is 26.8. The van der Waals surface area contributed by atoms with Gasteiger partial charge in [-0.05, 0) is 81.0 Å². The molecular formula is C27H33N. The molecule has 0 aliphatic heterocycles. The summed E-state index contributed by atoms with van der Waals surface area (Å²) in [5.41, 5.74) is 7.67. The lowest BCUT2D eigenvalue weighted by molar-refractivity contribution is 0.560. The summed E-state index contributed by atoms with van der Waals surface area (Å²) in [6.07, 6.45) is 1.17. The van der Waals surface area contributed by atoms with E-state index < -0.39 is 0 Å². The van der Waals surface area contributed by atoms with E-state index in [0.717, 1.165) is 0 Å². The monoisotopic (exact) mass is 371 g/mol. The van der Waals surface area contributed by atoms with Gasteiger partial charge in [0.2, 0.25) is 0 Å². The van der Waals surface area contributed by atoms with Crippen LogP contribution in [0.2, 0.25) is 0 Å². The maximum atomic E-state index is 2.42. The fourth-order valence-corrected chi connectivity index (χ4v) is 3.66. The third-order valence-electron chi connectivity index (χ3n) is 5.51. The Morgan fingerprint density at radius 3 is 1.57 bits per heavy atom. The number of hydrogen-bond acceptors (Lipinski definition) is 1. The fraction of sp³-hybridized carbons (Fsp3) is 0.333. The molecule has 0 aliphatic carbocycles. The first-order valence-electron chi connectivity index (χ1n) is 10.4. The molecule has 0 fully saturated rings. The smallest absolute Gasteiger partial charge is 0.0416 e. The summed E-state index contributed by atoms with van der Waals surface area (Å²) in [4.78, 5) is 2.42. The van der Waals surface area contributed by atoms with E-state index in [1.54, 1.807) is 0 Å². The van der Waals surface area contributed by atoms with E-state index >= 15 is 0 Å².